The van der Waals surface area contributed by atoms with Gasteiger partial charge in [0.1, 0.15) is 17.1 Å². The molecule has 1 aliphatic rings. The molecular weight excluding hydrogens is 326 g/mol. The third-order valence-corrected chi connectivity index (χ3v) is 5.21. The minimum absolute atomic E-state index is 0.0464. The molecule has 1 saturated heterocycles. The van der Waals surface area contributed by atoms with Crippen molar-refractivity contribution in [3.63, 3.8) is 0 Å². The summed E-state index contributed by atoms with van der Waals surface area (Å²) in [4.78, 5) is 15.5. The highest BCUT2D eigenvalue weighted by Gasteiger charge is 2.20. The number of benzene rings is 2. The Balaban J connectivity index is 1.86. The number of hydrogen-bond acceptors (Lipinski definition) is 4. The smallest absolute Gasteiger partial charge is 0.200 e. The van der Waals surface area contributed by atoms with Crippen molar-refractivity contribution in [2.75, 3.05) is 13.1 Å². The molecule has 4 heteroatoms. The van der Waals surface area contributed by atoms with Crippen LogP contribution in [-0.2, 0) is 6.54 Å². The molecule has 0 radical (unpaired) electrons. The number of aromatic hydroxyl groups is 1. The minimum atomic E-state index is -0.0464. The highest BCUT2D eigenvalue weighted by atomic mass is 16.3. The van der Waals surface area contributed by atoms with Crippen LogP contribution in [0.25, 0.3) is 22.1 Å². The summed E-state index contributed by atoms with van der Waals surface area (Å²) in [7, 11) is 0. The molecule has 0 unspecified atom stereocenters. The van der Waals surface area contributed by atoms with E-state index >= 15 is 0 Å². The molecule has 0 saturated carbocycles. The number of fused-ring (bicyclic) bond motifs is 1. The lowest BCUT2D eigenvalue weighted by Crippen LogP contribution is -2.29. The monoisotopic (exact) mass is 349 g/mol. The summed E-state index contributed by atoms with van der Waals surface area (Å²) >= 11 is 0. The average Bonchev–Trinajstić information content (AvgIpc) is 2.66. The number of piperidine rings is 1. The first kappa shape index (κ1) is 16.9. The summed E-state index contributed by atoms with van der Waals surface area (Å²) in [5.74, 6) is 0.775. The van der Waals surface area contributed by atoms with Crippen molar-refractivity contribution >= 4 is 11.0 Å². The van der Waals surface area contributed by atoms with E-state index in [2.05, 4.69) is 4.90 Å². The summed E-state index contributed by atoms with van der Waals surface area (Å²) in [6.45, 7) is 4.45. The summed E-state index contributed by atoms with van der Waals surface area (Å²) in [5.41, 5.74) is 2.62. The second-order valence-corrected chi connectivity index (χ2v) is 7.01. The van der Waals surface area contributed by atoms with Gasteiger partial charge in [0.2, 0.25) is 5.43 Å². The molecule has 4 nitrogen and oxygen atoms in total. The maximum Gasteiger partial charge on any atom is 0.200 e. The molecule has 0 amide bonds. The lowest BCUT2D eigenvalue weighted by molar-refractivity contribution is 0.218. The van der Waals surface area contributed by atoms with Crippen molar-refractivity contribution < 1.29 is 9.52 Å². The maximum absolute atomic E-state index is 13.2. The molecule has 134 valence electrons. The van der Waals surface area contributed by atoms with Gasteiger partial charge in [0, 0.05) is 6.54 Å². The van der Waals surface area contributed by atoms with Crippen LogP contribution in [0.4, 0.5) is 0 Å². The van der Waals surface area contributed by atoms with Gasteiger partial charge in [0.25, 0.3) is 0 Å². The Kier molecular flexibility index (Phi) is 4.51. The van der Waals surface area contributed by atoms with Gasteiger partial charge >= 0.3 is 0 Å². The van der Waals surface area contributed by atoms with E-state index in [1.54, 1.807) is 12.1 Å². The van der Waals surface area contributed by atoms with Crippen LogP contribution in [0.2, 0.25) is 0 Å². The van der Waals surface area contributed by atoms with E-state index in [1.165, 1.54) is 19.3 Å². The normalized spacial score (nSPS) is 15.4. The standard InChI is InChI=1S/C22H23NO3/c1-15-20(16-8-4-2-5-9-16)21(25)17-10-11-19(24)18(22(17)26-15)14-23-12-6-3-7-13-23/h2,4-5,8-11,24H,3,6-7,12-14H2,1H3. The van der Waals surface area contributed by atoms with E-state index in [9.17, 15) is 9.90 Å². The van der Waals surface area contributed by atoms with Crippen LogP contribution in [0, 0.1) is 6.92 Å². The number of nitrogens with zero attached hydrogens (tertiary/aromatic N) is 1. The molecule has 0 bridgehead atoms. The van der Waals surface area contributed by atoms with E-state index in [-0.39, 0.29) is 11.2 Å². The Morgan fingerprint density at radius 3 is 2.50 bits per heavy atom. The minimum Gasteiger partial charge on any atom is -0.507 e. The highest BCUT2D eigenvalue weighted by molar-refractivity contribution is 5.86. The van der Waals surface area contributed by atoms with Crippen LogP contribution >= 0.6 is 0 Å². The molecule has 2 aromatic carbocycles. The fourth-order valence-corrected chi connectivity index (χ4v) is 3.84. The van der Waals surface area contributed by atoms with Gasteiger partial charge in [-0.25, -0.2) is 0 Å². The molecule has 3 aromatic rings. The van der Waals surface area contributed by atoms with Crippen molar-refractivity contribution in [3.05, 3.63) is 64.0 Å². The zero-order chi connectivity index (χ0) is 18.1. The Bertz CT molecular complexity index is 986. The topological polar surface area (TPSA) is 53.7 Å². The Labute approximate surface area is 152 Å². The van der Waals surface area contributed by atoms with Gasteiger partial charge in [0.05, 0.1) is 16.5 Å². The van der Waals surface area contributed by atoms with Gasteiger partial charge in [-0.3, -0.25) is 9.69 Å². The van der Waals surface area contributed by atoms with Crippen LogP contribution in [0.5, 0.6) is 5.75 Å². The lowest BCUT2D eigenvalue weighted by atomic mass is 10.0. The molecule has 0 spiro atoms. The van der Waals surface area contributed by atoms with Crippen LogP contribution in [0.15, 0.2) is 51.7 Å². The van der Waals surface area contributed by atoms with Gasteiger partial charge in [-0.05, 0) is 50.6 Å². The van der Waals surface area contributed by atoms with E-state index in [0.29, 0.717) is 34.4 Å². The predicted octanol–water partition coefficient (Wildman–Crippen LogP) is 4.46. The summed E-state index contributed by atoms with van der Waals surface area (Å²) < 4.78 is 6.09. The fraction of sp³-hybridized carbons (Fsp3) is 0.318. The van der Waals surface area contributed by atoms with Crippen LogP contribution in [0.1, 0.15) is 30.6 Å². The second-order valence-electron chi connectivity index (χ2n) is 7.01. The number of rotatable bonds is 3. The predicted molar refractivity (Wildman–Crippen MR) is 103 cm³/mol. The first-order valence-electron chi connectivity index (χ1n) is 9.21. The summed E-state index contributed by atoms with van der Waals surface area (Å²) in [6, 6.07) is 12.9. The quantitative estimate of drug-likeness (QED) is 0.758. The molecule has 1 N–H and O–H groups in total. The number of phenols is 1. The van der Waals surface area contributed by atoms with Gasteiger partial charge in [0.15, 0.2) is 0 Å². The fourth-order valence-electron chi connectivity index (χ4n) is 3.84. The molecule has 0 aliphatic carbocycles. The van der Waals surface area contributed by atoms with Crippen LogP contribution in [0.3, 0.4) is 0 Å². The SMILES string of the molecule is Cc1oc2c(CN3CCCCC3)c(O)ccc2c(=O)c1-c1ccccc1. The van der Waals surface area contributed by atoms with Crippen molar-refractivity contribution in [1.82, 2.24) is 4.90 Å². The Morgan fingerprint density at radius 1 is 1.04 bits per heavy atom. The van der Waals surface area contributed by atoms with Crippen LogP contribution < -0.4 is 5.43 Å². The van der Waals surface area contributed by atoms with Crippen molar-refractivity contribution in [3.8, 4) is 16.9 Å². The number of phenolic OH excluding ortho intramolecular Hbond substituents is 1. The average molecular weight is 349 g/mol. The Hall–Kier alpha value is -2.59. The molecular formula is C22H23NO3. The number of aryl methyl sites for hydroxylation is 1. The zero-order valence-corrected chi connectivity index (χ0v) is 15.0. The van der Waals surface area contributed by atoms with E-state index in [0.717, 1.165) is 18.7 Å². The van der Waals surface area contributed by atoms with Gasteiger partial charge in [-0.1, -0.05) is 36.8 Å². The number of hydrogen-bond donors (Lipinski definition) is 1. The van der Waals surface area contributed by atoms with E-state index in [1.807, 2.05) is 37.3 Å². The van der Waals surface area contributed by atoms with E-state index in [4.69, 9.17) is 4.42 Å². The maximum atomic E-state index is 13.2. The van der Waals surface area contributed by atoms with Gasteiger partial charge in [-0.15, -0.1) is 0 Å². The molecule has 26 heavy (non-hydrogen) atoms. The zero-order valence-electron chi connectivity index (χ0n) is 15.0. The van der Waals surface area contributed by atoms with Crippen molar-refractivity contribution in [1.29, 1.82) is 0 Å². The van der Waals surface area contributed by atoms with Crippen molar-refractivity contribution in [2.24, 2.45) is 0 Å². The lowest BCUT2D eigenvalue weighted by Gasteiger charge is -2.27. The summed E-state index contributed by atoms with van der Waals surface area (Å²) in [6.07, 6.45) is 3.60. The molecule has 2 heterocycles. The molecule has 1 aliphatic heterocycles. The van der Waals surface area contributed by atoms with E-state index < -0.39 is 0 Å². The molecule has 1 aromatic heterocycles. The third kappa shape index (κ3) is 3.01. The molecule has 1 fully saturated rings. The largest absolute Gasteiger partial charge is 0.507 e. The first-order chi connectivity index (χ1) is 12.6. The van der Waals surface area contributed by atoms with Crippen molar-refractivity contribution in [2.45, 2.75) is 32.7 Å². The highest BCUT2D eigenvalue weighted by Crippen LogP contribution is 2.31. The van der Waals surface area contributed by atoms with Gasteiger partial charge < -0.3 is 9.52 Å². The van der Waals surface area contributed by atoms with Crippen LogP contribution in [-0.4, -0.2) is 23.1 Å². The molecule has 4 rings (SSSR count). The number of likely N-dealkylation sites (tertiary alicyclic amines) is 1. The Morgan fingerprint density at radius 2 is 1.77 bits per heavy atom. The van der Waals surface area contributed by atoms with Gasteiger partial charge in [-0.2, -0.15) is 0 Å². The third-order valence-electron chi connectivity index (χ3n) is 5.21. The summed E-state index contributed by atoms with van der Waals surface area (Å²) in [5, 5.41) is 10.9. The first-order valence-corrected chi connectivity index (χ1v) is 9.21. The second kappa shape index (κ2) is 6.96. The molecule has 0 atom stereocenters.